The normalized spacial score (nSPS) is 29.1. The second kappa shape index (κ2) is 17.4. The van der Waals surface area contributed by atoms with Crippen LogP contribution in [0.1, 0.15) is 52.7 Å². The Morgan fingerprint density at radius 2 is 0.920 bits per heavy atom. The highest BCUT2D eigenvalue weighted by atomic mass is 16.7. The van der Waals surface area contributed by atoms with Crippen molar-refractivity contribution in [2.45, 2.75) is 117 Å². The Labute approximate surface area is 287 Å². The van der Waals surface area contributed by atoms with E-state index in [2.05, 4.69) is 0 Å². The Kier molecular flexibility index (Phi) is 13.9. The van der Waals surface area contributed by atoms with Crippen LogP contribution < -0.4 is 9.47 Å². The van der Waals surface area contributed by atoms with Gasteiger partial charge in [-0.25, -0.2) is 0 Å². The van der Waals surface area contributed by atoms with Gasteiger partial charge in [0.15, 0.2) is 42.0 Å². The van der Waals surface area contributed by atoms with E-state index in [4.69, 9.17) is 47.4 Å². The Morgan fingerprint density at radius 3 is 1.38 bits per heavy atom. The van der Waals surface area contributed by atoms with E-state index >= 15 is 0 Å². The number of hydrogen-bond acceptors (Lipinski definition) is 18. The average molecular weight is 715 g/mol. The van der Waals surface area contributed by atoms with Crippen molar-refractivity contribution in [2.75, 3.05) is 13.2 Å². The van der Waals surface area contributed by atoms with E-state index in [1.165, 1.54) is 12.1 Å². The highest BCUT2D eigenvalue weighted by Gasteiger charge is 2.53. The number of rotatable bonds is 12. The monoisotopic (exact) mass is 714 g/mol. The second-order valence-electron chi connectivity index (χ2n) is 11.6. The number of aliphatic hydroxyl groups excluding tert-OH is 2. The van der Waals surface area contributed by atoms with Gasteiger partial charge in [-0.2, -0.15) is 0 Å². The van der Waals surface area contributed by atoms with Gasteiger partial charge in [-0.05, 0) is 37.1 Å². The van der Waals surface area contributed by atoms with Crippen LogP contribution in [0.5, 0.6) is 11.5 Å². The molecule has 0 aliphatic carbocycles. The summed E-state index contributed by atoms with van der Waals surface area (Å²) in [7, 11) is 0. The van der Waals surface area contributed by atoms with Gasteiger partial charge in [0, 0.05) is 41.5 Å². The smallest absolute Gasteiger partial charge is 0.303 e. The zero-order chi connectivity index (χ0) is 37.4. The lowest BCUT2D eigenvalue weighted by Crippen LogP contribution is -2.63. The molecule has 2 aliphatic heterocycles. The number of esters is 6. The molecule has 2 fully saturated rings. The molecule has 3 rings (SSSR count). The zero-order valence-electron chi connectivity index (χ0n) is 28.8. The molecular formula is C32H42O18. The summed E-state index contributed by atoms with van der Waals surface area (Å²) >= 11 is 0. The van der Waals surface area contributed by atoms with E-state index < -0.39 is 110 Å². The molecule has 0 bridgehead atoms. The van der Waals surface area contributed by atoms with Gasteiger partial charge in [-0.3, -0.25) is 28.8 Å². The van der Waals surface area contributed by atoms with Crippen molar-refractivity contribution in [3.63, 3.8) is 0 Å². The topological polar surface area (TPSA) is 235 Å². The van der Waals surface area contributed by atoms with Crippen molar-refractivity contribution >= 4 is 35.8 Å². The van der Waals surface area contributed by atoms with Gasteiger partial charge < -0.3 is 57.6 Å². The fourth-order valence-electron chi connectivity index (χ4n) is 5.16. The maximum atomic E-state index is 12.1. The van der Waals surface area contributed by atoms with Crippen LogP contribution >= 0.6 is 0 Å². The van der Waals surface area contributed by atoms with Crippen LogP contribution in [-0.4, -0.2) is 121 Å². The molecule has 0 saturated carbocycles. The third kappa shape index (κ3) is 10.7. The Hall–Kier alpha value is -4.52. The number of hydrogen-bond donors (Lipinski definition) is 2. The molecule has 50 heavy (non-hydrogen) atoms. The summed E-state index contributed by atoms with van der Waals surface area (Å²) in [6.45, 7) is 9.05. The summed E-state index contributed by atoms with van der Waals surface area (Å²) in [5.41, 5.74) is 1.32. The van der Waals surface area contributed by atoms with Crippen LogP contribution in [0.3, 0.4) is 0 Å². The molecule has 2 aliphatic rings. The van der Waals surface area contributed by atoms with Gasteiger partial charge in [0.25, 0.3) is 0 Å². The quantitative estimate of drug-likeness (QED) is 0.215. The molecule has 0 spiro atoms. The van der Waals surface area contributed by atoms with Gasteiger partial charge >= 0.3 is 35.8 Å². The van der Waals surface area contributed by atoms with Gasteiger partial charge in [0.05, 0.1) is 0 Å². The lowest BCUT2D eigenvalue weighted by atomic mass is 9.98. The molecule has 18 nitrogen and oxygen atoms in total. The van der Waals surface area contributed by atoms with E-state index in [1.54, 1.807) is 13.8 Å². The van der Waals surface area contributed by atoms with E-state index in [0.717, 1.165) is 41.5 Å². The maximum absolute atomic E-state index is 12.1. The highest BCUT2D eigenvalue weighted by Crippen LogP contribution is 2.38. The fourth-order valence-corrected chi connectivity index (χ4v) is 5.16. The van der Waals surface area contributed by atoms with E-state index in [-0.39, 0.29) is 11.5 Å². The first-order valence-electron chi connectivity index (χ1n) is 15.4. The van der Waals surface area contributed by atoms with Crippen LogP contribution in [-0.2, 0) is 66.7 Å². The first-order chi connectivity index (χ1) is 23.4. The minimum atomic E-state index is -1.79. The molecule has 0 unspecified atom stereocenters. The number of benzene rings is 1. The van der Waals surface area contributed by atoms with Crippen molar-refractivity contribution in [1.82, 2.24) is 0 Å². The first-order valence-corrected chi connectivity index (χ1v) is 15.4. The molecule has 10 atom stereocenters. The molecule has 1 aromatic carbocycles. The highest BCUT2D eigenvalue weighted by molar-refractivity contribution is 5.68. The summed E-state index contributed by atoms with van der Waals surface area (Å²) < 4.78 is 55.3. The summed E-state index contributed by atoms with van der Waals surface area (Å²) in [4.78, 5) is 71.1. The fraction of sp³-hybridized carbons (Fsp3) is 0.625. The Balaban J connectivity index is 2.03. The van der Waals surface area contributed by atoms with Crippen molar-refractivity contribution in [1.29, 1.82) is 0 Å². The molecule has 0 amide bonds. The molecule has 2 saturated heterocycles. The molecule has 18 heteroatoms. The number of ether oxygens (including phenoxy) is 10. The summed E-state index contributed by atoms with van der Waals surface area (Å²) in [5.74, 6) is -4.90. The Bertz CT molecular complexity index is 1420. The lowest BCUT2D eigenvalue weighted by molar-refractivity contribution is -0.289. The molecule has 278 valence electrons. The number of carbonyl (C=O) groups is 6. The standard InChI is InChI=1S/C32H42O18/c1-13-9-21(47-31-26(40)29(45-19(7)37)28(44-18(6)36)24(49-31)12-42-16(4)34)22(10-14(13)2)48-32-30(46-20(8)38)25(39)27(43-17(5)35)23(50-32)11-41-15(3)33/h9-10,23-32,39-40H,11-12H2,1-8H3/t23-,24-,25+,26-,27-,28-,29-,30-,31-,32-/m1/s1. The van der Waals surface area contributed by atoms with E-state index in [1.807, 2.05) is 0 Å². The summed E-state index contributed by atoms with van der Waals surface area (Å²) in [5, 5.41) is 22.5. The van der Waals surface area contributed by atoms with Crippen LogP contribution in [0.4, 0.5) is 0 Å². The summed E-state index contributed by atoms with van der Waals surface area (Å²) in [6, 6.07) is 3.00. The maximum Gasteiger partial charge on any atom is 0.303 e. The van der Waals surface area contributed by atoms with Gasteiger partial charge in [-0.1, -0.05) is 0 Å². The van der Waals surface area contributed by atoms with Gasteiger partial charge in [0.1, 0.15) is 31.5 Å². The number of aryl methyl sites for hydroxylation is 2. The van der Waals surface area contributed by atoms with Crippen molar-refractivity contribution in [3.8, 4) is 11.5 Å². The molecule has 2 heterocycles. The number of aliphatic hydroxyl groups is 2. The second-order valence-corrected chi connectivity index (χ2v) is 11.6. The minimum Gasteiger partial charge on any atom is -0.463 e. The predicted octanol–water partition coefficient (Wildman–Crippen LogP) is 0.0856. The van der Waals surface area contributed by atoms with Gasteiger partial charge in [-0.15, -0.1) is 0 Å². The molecular weight excluding hydrogens is 672 g/mol. The minimum absolute atomic E-state index is 0.0990. The van der Waals surface area contributed by atoms with E-state index in [9.17, 15) is 39.0 Å². The van der Waals surface area contributed by atoms with Crippen molar-refractivity contribution in [3.05, 3.63) is 23.3 Å². The third-order valence-electron chi connectivity index (χ3n) is 7.39. The van der Waals surface area contributed by atoms with E-state index in [0.29, 0.717) is 11.1 Å². The van der Waals surface area contributed by atoms with Crippen molar-refractivity contribution < 1.29 is 86.3 Å². The zero-order valence-corrected chi connectivity index (χ0v) is 28.8. The van der Waals surface area contributed by atoms with Crippen LogP contribution in [0, 0.1) is 13.8 Å². The largest absolute Gasteiger partial charge is 0.463 e. The molecule has 0 radical (unpaired) electrons. The van der Waals surface area contributed by atoms with Gasteiger partial charge in [0.2, 0.25) is 12.6 Å². The van der Waals surface area contributed by atoms with Crippen LogP contribution in [0.25, 0.3) is 0 Å². The molecule has 2 N–H and O–H groups in total. The SMILES string of the molecule is CC(=O)OC[C@H]1O[C@@H](Oc2cc(C)c(C)cc2O[C@@H]2O[C@H](COC(C)=O)[C@@H](OC(C)=O)[C@H](OC(C)=O)[C@H]2O)[C@H](OC(C)=O)[C@@H](O)[C@@H]1OC(C)=O. The summed E-state index contributed by atoms with van der Waals surface area (Å²) in [6.07, 6.45) is -15.4. The third-order valence-corrected chi connectivity index (χ3v) is 7.39. The molecule has 1 aromatic rings. The van der Waals surface area contributed by atoms with Crippen molar-refractivity contribution in [2.24, 2.45) is 0 Å². The van der Waals surface area contributed by atoms with Crippen LogP contribution in [0.2, 0.25) is 0 Å². The first kappa shape index (κ1) is 39.9. The predicted molar refractivity (Wildman–Crippen MR) is 162 cm³/mol. The number of carbonyl (C=O) groups excluding carboxylic acids is 6. The Morgan fingerprint density at radius 1 is 0.540 bits per heavy atom. The van der Waals surface area contributed by atoms with Crippen LogP contribution in [0.15, 0.2) is 12.1 Å². The molecule has 0 aromatic heterocycles. The average Bonchev–Trinajstić information content (AvgIpc) is 2.99. The lowest BCUT2D eigenvalue weighted by Gasteiger charge is -2.43.